The number of anilines is 1. The number of nitro benzene ring substituents is 1. The van der Waals surface area contributed by atoms with Crippen molar-refractivity contribution in [3.63, 3.8) is 0 Å². The van der Waals surface area contributed by atoms with Crippen LogP contribution < -0.4 is 10.6 Å². The number of amides is 2. The van der Waals surface area contributed by atoms with Gasteiger partial charge in [-0.3, -0.25) is 19.7 Å². The Bertz CT molecular complexity index is 684. The molecule has 0 aliphatic heterocycles. The van der Waals surface area contributed by atoms with Gasteiger partial charge in [-0.05, 0) is 24.3 Å². The molecule has 22 heavy (non-hydrogen) atoms. The van der Waals surface area contributed by atoms with Gasteiger partial charge in [0.05, 0.1) is 11.5 Å². The molecule has 0 saturated carbocycles. The fourth-order valence-electron chi connectivity index (χ4n) is 1.72. The Balaban J connectivity index is 1.87. The second-order valence-electron chi connectivity index (χ2n) is 4.40. The van der Waals surface area contributed by atoms with Crippen LogP contribution in [-0.2, 0) is 4.79 Å². The molecule has 7 heteroatoms. The third-order valence-corrected chi connectivity index (χ3v) is 2.81. The molecule has 2 aromatic rings. The maximum atomic E-state index is 11.8. The van der Waals surface area contributed by atoms with Crippen LogP contribution in [0.2, 0.25) is 0 Å². The van der Waals surface area contributed by atoms with E-state index in [-0.39, 0.29) is 23.7 Å². The van der Waals surface area contributed by atoms with E-state index in [4.69, 9.17) is 0 Å². The number of para-hydroxylation sites is 1. The lowest BCUT2D eigenvalue weighted by Crippen LogP contribution is -2.32. The number of nitrogens with one attached hydrogen (secondary N) is 2. The molecule has 0 spiro atoms. The van der Waals surface area contributed by atoms with E-state index in [2.05, 4.69) is 10.6 Å². The van der Waals surface area contributed by atoms with E-state index < -0.39 is 10.8 Å². The smallest absolute Gasteiger partial charge is 0.269 e. The molecule has 0 aliphatic carbocycles. The first-order chi connectivity index (χ1) is 10.6. The predicted octanol–water partition coefficient (Wildman–Crippen LogP) is 1.96. The molecule has 112 valence electrons. The van der Waals surface area contributed by atoms with Crippen LogP contribution in [0.4, 0.5) is 11.4 Å². The molecule has 0 fully saturated rings. The van der Waals surface area contributed by atoms with Gasteiger partial charge in [0.1, 0.15) is 0 Å². The third kappa shape index (κ3) is 4.14. The van der Waals surface area contributed by atoms with Crippen molar-refractivity contribution in [1.82, 2.24) is 5.32 Å². The van der Waals surface area contributed by atoms with Crippen LogP contribution in [0.1, 0.15) is 10.4 Å². The summed E-state index contributed by atoms with van der Waals surface area (Å²) in [7, 11) is 0. The number of hydrogen-bond donors (Lipinski definition) is 2. The summed E-state index contributed by atoms with van der Waals surface area (Å²) in [5.41, 5.74) is 0.786. The summed E-state index contributed by atoms with van der Waals surface area (Å²) < 4.78 is 0. The Morgan fingerprint density at radius 2 is 1.64 bits per heavy atom. The Kier molecular flexibility index (Phi) is 4.81. The molecular weight excluding hydrogens is 286 g/mol. The van der Waals surface area contributed by atoms with Crippen LogP contribution in [0.5, 0.6) is 0 Å². The SMILES string of the molecule is O=C(CNC(=O)c1ccc([N+](=O)[O-])cc1)Nc1ccccc1. The van der Waals surface area contributed by atoms with Gasteiger partial charge in [0.2, 0.25) is 5.91 Å². The van der Waals surface area contributed by atoms with Crippen molar-refractivity contribution < 1.29 is 14.5 Å². The molecule has 2 rings (SSSR count). The highest BCUT2D eigenvalue weighted by molar-refractivity contribution is 5.99. The highest BCUT2D eigenvalue weighted by atomic mass is 16.6. The van der Waals surface area contributed by atoms with E-state index in [0.29, 0.717) is 5.69 Å². The molecule has 0 aliphatic rings. The van der Waals surface area contributed by atoms with Gasteiger partial charge in [-0.2, -0.15) is 0 Å². The van der Waals surface area contributed by atoms with Crippen LogP contribution >= 0.6 is 0 Å². The highest BCUT2D eigenvalue weighted by Crippen LogP contribution is 2.11. The fourth-order valence-corrected chi connectivity index (χ4v) is 1.72. The number of nitrogens with zero attached hydrogens (tertiary/aromatic N) is 1. The first kappa shape index (κ1) is 15.2. The Morgan fingerprint density at radius 1 is 1.00 bits per heavy atom. The molecule has 0 bridgehead atoms. The summed E-state index contributed by atoms with van der Waals surface area (Å²) in [6.07, 6.45) is 0. The summed E-state index contributed by atoms with van der Waals surface area (Å²) in [6, 6.07) is 14.0. The maximum absolute atomic E-state index is 11.8. The zero-order valence-electron chi connectivity index (χ0n) is 11.5. The van der Waals surface area contributed by atoms with E-state index in [1.807, 2.05) is 6.07 Å². The first-order valence-electron chi connectivity index (χ1n) is 6.44. The monoisotopic (exact) mass is 299 g/mol. The van der Waals surface area contributed by atoms with Gasteiger partial charge in [-0.25, -0.2) is 0 Å². The van der Waals surface area contributed by atoms with E-state index in [1.165, 1.54) is 24.3 Å². The predicted molar refractivity (Wildman–Crippen MR) is 80.5 cm³/mol. The Morgan fingerprint density at radius 3 is 2.23 bits per heavy atom. The number of carbonyl (C=O) groups is 2. The zero-order valence-corrected chi connectivity index (χ0v) is 11.5. The minimum atomic E-state index is -0.547. The van der Waals surface area contributed by atoms with Crippen LogP contribution in [0.15, 0.2) is 54.6 Å². The van der Waals surface area contributed by atoms with Crippen molar-refractivity contribution in [3.05, 3.63) is 70.3 Å². The normalized spacial score (nSPS) is 9.82. The average Bonchev–Trinajstić information content (AvgIpc) is 2.53. The average molecular weight is 299 g/mol. The van der Waals surface area contributed by atoms with Gasteiger partial charge >= 0.3 is 0 Å². The summed E-state index contributed by atoms with van der Waals surface area (Å²) in [4.78, 5) is 33.5. The molecular formula is C15H13N3O4. The second kappa shape index (κ2) is 6.98. The van der Waals surface area contributed by atoms with Crippen molar-refractivity contribution in [2.75, 3.05) is 11.9 Å². The Labute approximate surface area is 126 Å². The van der Waals surface area contributed by atoms with E-state index in [9.17, 15) is 19.7 Å². The maximum Gasteiger partial charge on any atom is 0.269 e. The lowest BCUT2D eigenvalue weighted by Gasteiger charge is -2.06. The molecule has 2 amide bonds. The molecule has 0 heterocycles. The van der Waals surface area contributed by atoms with Crippen LogP contribution in [0.3, 0.4) is 0 Å². The van der Waals surface area contributed by atoms with Crippen molar-refractivity contribution in [2.24, 2.45) is 0 Å². The number of nitro groups is 1. The second-order valence-corrected chi connectivity index (χ2v) is 4.40. The van der Waals surface area contributed by atoms with Crippen molar-refractivity contribution >= 4 is 23.2 Å². The largest absolute Gasteiger partial charge is 0.343 e. The lowest BCUT2D eigenvalue weighted by atomic mass is 10.2. The fraction of sp³-hybridized carbons (Fsp3) is 0.0667. The van der Waals surface area contributed by atoms with Crippen LogP contribution in [0, 0.1) is 10.1 Å². The lowest BCUT2D eigenvalue weighted by molar-refractivity contribution is -0.384. The quantitative estimate of drug-likeness (QED) is 0.651. The third-order valence-electron chi connectivity index (χ3n) is 2.81. The van der Waals surface area contributed by atoms with Gasteiger partial charge < -0.3 is 10.6 Å². The summed E-state index contributed by atoms with van der Waals surface area (Å²) in [5.74, 6) is -0.834. The molecule has 7 nitrogen and oxygen atoms in total. The van der Waals surface area contributed by atoms with E-state index in [0.717, 1.165) is 0 Å². The van der Waals surface area contributed by atoms with Crippen LogP contribution in [-0.4, -0.2) is 23.3 Å². The molecule has 0 saturated heterocycles. The van der Waals surface area contributed by atoms with Gasteiger partial charge in [0.15, 0.2) is 0 Å². The molecule has 0 aromatic heterocycles. The van der Waals surface area contributed by atoms with Crippen molar-refractivity contribution in [1.29, 1.82) is 0 Å². The number of benzene rings is 2. The number of rotatable bonds is 5. The van der Waals surface area contributed by atoms with E-state index in [1.54, 1.807) is 24.3 Å². The molecule has 2 aromatic carbocycles. The van der Waals surface area contributed by atoms with Crippen molar-refractivity contribution in [2.45, 2.75) is 0 Å². The first-order valence-corrected chi connectivity index (χ1v) is 6.44. The topological polar surface area (TPSA) is 101 Å². The van der Waals surface area contributed by atoms with Gasteiger partial charge in [-0.15, -0.1) is 0 Å². The molecule has 0 radical (unpaired) electrons. The van der Waals surface area contributed by atoms with E-state index >= 15 is 0 Å². The summed E-state index contributed by atoms with van der Waals surface area (Å²) in [6.45, 7) is -0.190. The van der Waals surface area contributed by atoms with Gasteiger partial charge in [-0.1, -0.05) is 18.2 Å². The van der Waals surface area contributed by atoms with Crippen molar-refractivity contribution in [3.8, 4) is 0 Å². The highest BCUT2D eigenvalue weighted by Gasteiger charge is 2.10. The van der Waals surface area contributed by atoms with Crippen LogP contribution in [0.25, 0.3) is 0 Å². The van der Waals surface area contributed by atoms with Gasteiger partial charge in [0, 0.05) is 23.4 Å². The standard InChI is InChI=1S/C15H13N3O4/c19-14(17-12-4-2-1-3-5-12)10-16-15(20)11-6-8-13(9-7-11)18(21)22/h1-9H,10H2,(H,16,20)(H,17,19). The minimum Gasteiger partial charge on any atom is -0.343 e. The number of hydrogen-bond acceptors (Lipinski definition) is 4. The van der Waals surface area contributed by atoms with Gasteiger partial charge in [0.25, 0.3) is 11.6 Å². The number of carbonyl (C=O) groups excluding carboxylic acids is 2. The summed E-state index contributed by atoms with van der Waals surface area (Å²) >= 11 is 0. The Hall–Kier alpha value is -3.22. The molecule has 0 atom stereocenters. The molecule has 0 unspecified atom stereocenters. The number of non-ortho nitro benzene ring substituents is 1. The zero-order chi connectivity index (χ0) is 15.9. The summed E-state index contributed by atoms with van der Waals surface area (Å²) in [5, 5.41) is 15.6. The minimum absolute atomic E-state index is 0.0987. The molecule has 2 N–H and O–H groups in total.